The molecule has 0 spiro atoms. The number of nitrogens with zero attached hydrogens (tertiary/aromatic N) is 4. The summed E-state index contributed by atoms with van der Waals surface area (Å²) in [5.74, 6) is 0. The first-order valence-electron chi connectivity index (χ1n) is 6.63. The predicted octanol–water partition coefficient (Wildman–Crippen LogP) is -0.248. The molecule has 2 rings (SSSR count). The summed E-state index contributed by atoms with van der Waals surface area (Å²) in [7, 11) is -1.77. The predicted molar refractivity (Wildman–Crippen MR) is 77.9 cm³/mol. The number of aryl methyl sites for hydroxylation is 3. The Morgan fingerprint density at radius 3 is 2.76 bits per heavy atom. The van der Waals surface area contributed by atoms with Crippen molar-refractivity contribution in [3.8, 4) is 0 Å². The monoisotopic (exact) mass is 312 g/mol. The van der Waals surface area contributed by atoms with Crippen LogP contribution in [0.5, 0.6) is 0 Å². The Morgan fingerprint density at radius 1 is 1.38 bits per heavy atom. The van der Waals surface area contributed by atoms with E-state index in [1.807, 2.05) is 6.92 Å². The van der Waals surface area contributed by atoms with Gasteiger partial charge in [-0.05, 0) is 19.9 Å². The highest BCUT2D eigenvalue weighted by atomic mass is 32.2. The first-order chi connectivity index (χ1) is 9.92. The van der Waals surface area contributed by atoms with Gasteiger partial charge < -0.3 is 5.73 Å². The topological polar surface area (TPSA) is 108 Å². The van der Waals surface area contributed by atoms with E-state index < -0.39 is 10.0 Å². The smallest absolute Gasteiger partial charge is 0.243 e. The third-order valence-corrected chi connectivity index (χ3v) is 4.43. The average Bonchev–Trinajstić information content (AvgIpc) is 3.01. The van der Waals surface area contributed by atoms with Gasteiger partial charge in [0, 0.05) is 38.1 Å². The third kappa shape index (κ3) is 3.90. The van der Waals surface area contributed by atoms with Crippen LogP contribution in [0.3, 0.4) is 0 Å². The van der Waals surface area contributed by atoms with E-state index in [1.54, 1.807) is 22.6 Å². The maximum Gasteiger partial charge on any atom is 0.243 e. The van der Waals surface area contributed by atoms with Gasteiger partial charge in [0.1, 0.15) is 4.90 Å². The third-order valence-electron chi connectivity index (χ3n) is 3.08. The van der Waals surface area contributed by atoms with Crippen molar-refractivity contribution in [3.05, 3.63) is 29.8 Å². The largest absolute Gasteiger partial charge is 0.330 e. The zero-order chi connectivity index (χ0) is 15.5. The molecule has 0 unspecified atom stereocenters. The zero-order valence-corrected chi connectivity index (χ0v) is 13.0. The second-order valence-electron chi connectivity index (χ2n) is 4.82. The Hall–Kier alpha value is -1.71. The van der Waals surface area contributed by atoms with Crippen LogP contribution in [0.4, 0.5) is 0 Å². The van der Waals surface area contributed by atoms with E-state index in [1.165, 1.54) is 12.4 Å². The fourth-order valence-electron chi connectivity index (χ4n) is 1.94. The van der Waals surface area contributed by atoms with Crippen molar-refractivity contribution in [2.24, 2.45) is 12.8 Å². The summed E-state index contributed by atoms with van der Waals surface area (Å²) in [5.41, 5.74) is 7.07. The lowest BCUT2D eigenvalue weighted by molar-refractivity contribution is 0.576. The van der Waals surface area contributed by atoms with Crippen LogP contribution in [0.25, 0.3) is 0 Å². The summed E-state index contributed by atoms with van der Waals surface area (Å²) < 4.78 is 30.2. The van der Waals surface area contributed by atoms with E-state index >= 15 is 0 Å². The first-order valence-corrected chi connectivity index (χ1v) is 8.12. The summed E-state index contributed by atoms with van der Waals surface area (Å²) in [6.07, 6.45) is 5.40. The van der Waals surface area contributed by atoms with Crippen LogP contribution in [-0.2, 0) is 30.2 Å². The van der Waals surface area contributed by atoms with Gasteiger partial charge in [0.05, 0.1) is 11.9 Å². The van der Waals surface area contributed by atoms with Gasteiger partial charge in [-0.3, -0.25) is 9.36 Å². The Morgan fingerprint density at radius 2 is 2.14 bits per heavy atom. The van der Waals surface area contributed by atoms with Crippen molar-refractivity contribution >= 4 is 10.0 Å². The summed E-state index contributed by atoms with van der Waals surface area (Å²) in [6, 6.07) is 0. The highest BCUT2D eigenvalue weighted by Crippen LogP contribution is 2.10. The van der Waals surface area contributed by atoms with Crippen LogP contribution in [-0.4, -0.2) is 34.5 Å². The lowest BCUT2D eigenvalue weighted by Crippen LogP contribution is -2.23. The molecule has 0 radical (unpaired) electrons. The number of sulfonamides is 1. The Balaban J connectivity index is 2.04. The molecule has 0 saturated carbocycles. The molecule has 21 heavy (non-hydrogen) atoms. The molecule has 2 aromatic rings. The minimum atomic E-state index is -3.57. The number of rotatable bonds is 7. The van der Waals surface area contributed by atoms with Crippen molar-refractivity contribution in [3.63, 3.8) is 0 Å². The van der Waals surface area contributed by atoms with Crippen LogP contribution in [0, 0.1) is 6.92 Å². The van der Waals surface area contributed by atoms with Crippen molar-refractivity contribution in [2.45, 2.75) is 31.3 Å². The normalized spacial score (nSPS) is 12.0. The van der Waals surface area contributed by atoms with Crippen LogP contribution in [0.2, 0.25) is 0 Å². The molecule has 0 fully saturated rings. The van der Waals surface area contributed by atoms with Gasteiger partial charge >= 0.3 is 0 Å². The summed E-state index contributed by atoms with van der Waals surface area (Å²) in [5, 5.41) is 8.20. The maximum atomic E-state index is 12.2. The van der Waals surface area contributed by atoms with E-state index in [0.717, 1.165) is 17.7 Å². The summed E-state index contributed by atoms with van der Waals surface area (Å²) >= 11 is 0. The Labute approximate surface area is 124 Å². The summed E-state index contributed by atoms with van der Waals surface area (Å²) in [4.78, 5) is 0.154. The second-order valence-corrected chi connectivity index (χ2v) is 6.59. The van der Waals surface area contributed by atoms with E-state index in [2.05, 4.69) is 14.9 Å². The van der Waals surface area contributed by atoms with E-state index in [0.29, 0.717) is 13.1 Å². The van der Waals surface area contributed by atoms with Crippen molar-refractivity contribution in [1.29, 1.82) is 0 Å². The van der Waals surface area contributed by atoms with Crippen LogP contribution in [0.1, 0.15) is 17.7 Å². The first kappa shape index (κ1) is 15.7. The molecule has 0 saturated heterocycles. The second kappa shape index (κ2) is 6.37. The van der Waals surface area contributed by atoms with Gasteiger partial charge in [-0.15, -0.1) is 0 Å². The SMILES string of the molecule is Cc1nn(C)cc1CNS(=O)(=O)c1cnn(CCCN)c1. The fraction of sp³-hybridized carbons (Fsp3) is 0.500. The molecule has 0 aromatic carbocycles. The number of hydrogen-bond donors (Lipinski definition) is 2. The summed E-state index contributed by atoms with van der Waals surface area (Å²) in [6.45, 7) is 3.19. The van der Waals surface area contributed by atoms with E-state index in [-0.39, 0.29) is 11.4 Å². The molecule has 116 valence electrons. The zero-order valence-electron chi connectivity index (χ0n) is 12.2. The molecule has 8 nitrogen and oxygen atoms in total. The van der Waals surface area contributed by atoms with Gasteiger partial charge in [0.2, 0.25) is 10.0 Å². The molecular formula is C12H20N6O2S. The molecule has 0 aliphatic heterocycles. The number of aromatic nitrogens is 4. The van der Waals surface area contributed by atoms with Crippen molar-refractivity contribution < 1.29 is 8.42 Å². The minimum Gasteiger partial charge on any atom is -0.330 e. The molecule has 0 amide bonds. The Bertz CT molecular complexity index is 703. The highest BCUT2D eigenvalue weighted by Gasteiger charge is 2.17. The molecule has 3 N–H and O–H groups in total. The van der Waals surface area contributed by atoms with E-state index in [4.69, 9.17) is 5.73 Å². The lowest BCUT2D eigenvalue weighted by Gasteiger charge is -2.03. The highest BCUT2D eigenvalue weighted by molar-refractivity contribution is 7.89. The Kier molecular flexibility index (Phi) is 4.76. The van der Waals surface area contributed by atoms with Crippen LogP contribution >= 0.6 is 0 Å². The molecule has 0 aliphatic carbocycles. The molecule has 2 aromatic heterocycles. The quantitative estimate of drug-likeness (QED) is 0.733. The fourth-order valence-corrected chi connectivity index (χ4v) is 2.90. The molecular weight excluding hydrogens is 292 g/mol. The van der Waals surface area contributed by atoms with Crippen molar-refractivity contribution in [1.82, 2.24) is 24.3 Å². The molecule has 9 heteroatoms. The maximum absolute atomic E-state index is 12.2. The van der Waals surface area contributed by atoms with Gasteiger partial charge in [-0.25, -0.2) is 13.1 Å². The standard InChI is InChI=1S/C12H20N6O2S/c1-10-11(8-17(2)16-10)6-15-21(19,20)12-7-14-18(9-12)5-3-4-13/h7-9,15H,3-6,13H2,1-2H3. The number of nitrogens with one attached hydrogen (secondary N) is 1. The van der Waals surface area contributed by atoms with E-state index in [9.17, 15) is 8.42 Å². The lowest BCUT2D eigenvalue weighted by atomic mass is 10.3. The van der Waals surface area contributed by atoms with Gasteiger partial charge in [-0.2, -0.15) is 10.2 Å². The van der Waals surface area contributed by atoms with Gasteiger partial charge in [0.25, 0.3) is 0 Å². The van der Waals surface area contributed by atoms with Crippen LogP contribution < -0.4 is 10.5 Å². The van der Waals surface area contributed by atoms with Crippen LogP contribution in [0.15, 0.2) is 23.5 Å². The molecule has 0 aliphatic rings. The number of hydrogen-bond acceptors (Lipinski definition) is 5. The molecule has 0 bridgehead atoms. The molecule has 0 atom stereocenters. The minimum absolute atomic E-state index is 0.154. The molecule has 2 heterocycles. The van der Waals surface area contributed by atoms with Gasteiger partial charge in [0.15, 0.2) is 0 Å². The van der Waals surface area contributed by atoms with Crippen molar-refractivity contribution in [2.75, 3.05) is 6.54 Å². The average molecular weight is 312 g/mol. The number of nitrogens with two attached hydrogens (primary N) is 1. The van der Waals surface area contributed by atoms with Gasteiger partial charge in [-0.1, -0.05) is 0 Å².